The molecule has 1 aromatic rings. The van der Waals surface area contributed by atoms with Gasteiger partial charge >= 0.3 is 6.09 Å². The molecule has 1 heterocycles. The maximum absolute atomic E-state index is 10.7. The molecule has 1 unspecified atom stereocenters. The van der Waals surface area contributed by atoms with E-state index in [9.17, 15) is 4.79 Å². The lowest BCUT2D eigenvalue weighted by molar-refractivity contribution is -0.0835. The van der Waals surface area contributed by atoms with Crippen LogP contribution in [0.15, 0.2) is 24.3 Å². The first-order valence-electron chi connectivity index (χ1n) is 5.70. The summed E-state index contributed by atoms with van der Waals surface area (Å²) in [6.45, 7) is 1.57. The highest BCUT2D eigenvalue weighted by Crippen LogP contribution is 2.21. The summed E-state index contributed by atoms with van der Waals surface area (Å²) < 4.78 is 4.94. The van der Waals surface area contributed by atoms with E-state index >= 15 is 0 Å². The predicted octanol–water partition coefficient (Wildman–Crippen LogP) is 0.598. The zero-order valence-corrected chi connectivity index (χ0v) is 9.93. The summed E-state index contributed by atoms with van der Waals surface area (Å²) in [5.41, 5.74) is 12.1. The van der Waals surface area contributed by atoms with Gasteiger partial charge in [0.05, 0.1) is 0 Å². The summed E-state index contributed by atoms with van der Waals surface area (Å²) >= 11 is 0. The van der Waals surface area contributed by atoms with E-state index in [-0.39, 0.29) is 12.1 Å². The normalized spacial score (nSPS) is 19.0. The molecule has 0 radical (unpaired) electrons. The molecule has 0 aliphatic carbocycles. The Labute approximate surface area is 105 Å². The van der Waals surface area contributed by atoms with Crippen molar-refractivity contribution in [2.75, 3.05) is 6.54 Å². The van der Waals surface area contributed by atoms with E-state index in [2.05, 4.69) is 0 Å². The van der Waals surface area contributed by atoms with Gasteiger partial charge in [-0.05, 0) is 5.56 Å². The van der Waals surface area contributed by atoms with E-state index < -0.39 is 6.09 Å². The fraction of sp³-hybridized carbons (Fsp3) is 0.333. The van der Waals surface area contributed by atoms with Crippen LogP contribution in [-0.2, 0) is 11.3 Å². The molecule has 6 nitrogen and oxygen atoms in total. The van der Waals surface area contributed by atoms with Gasteiger partial charge in [0.2, 0.25) is 0 Å². The molecule has 0 spiro atoms. The smallest absolute Gasteiger partial charge is 0.406 e. The number of ether oxygens (including phenoxy) is 1. The Morgan fingerprint density at radius 2 is 2.06 bits per heavy atom. The number of nitrogens with two attached hydrogens (primary N) is 2. The lowest BCUT2D eigenvalue weighted by Crippen LogP contribution is -2.50. The van der Waals surface area contributed by atoms with Crippen LogP contribution in [0, 0.1) is 5.41 Å². The number of likely N-dealkylation sites (tertiary alicyclic amines) is 1. The van der Waals surface area contributed by atoms with Crippen molar-refractivity contribution in [1.82, 2.24) is 4.90 Å². The third-order valence-electron chi connectivity index (χ3n) is 2.97. The van der Waals surface area contributed by atoms with E-state index in [0.717, 1.165) is 18.5 Å². The highest BCUT2D eigenvalue weighted by atomic mass is 16.6. The van der Waals surface area contributed by atoms with Crippen LogP contribution in [0.2, 0.25) is 0 Å². The van der Waals surface area contributed by atoms with Gasteiger partial charge in [-0.2, -0.15) is 0 Å². The van der Waals surface area contributed by atoms with Crippen molar-refractivity contribution in [3.63, 3.8) is 0 Å². The lowest BCUT2D eigenvalue weighted by atomic mass is 10.1. The quantitative estimate of drug-likeness (QED) is 0.535. The van der Waals surface area contributed by atoms with Gasteiger partial charge in [-0.3, -0.25) is 10.3 Å². The van der Waals surface area contributed by atoms with Gasteiger partial charge in [0.15, 0.2) is 6.23 Å². The SMILES string of the molecule is N=C(N)c1ccc(CN2CCC2OC(N)=O)cc1. The van der Waals surface area contributed by atoms with Crippen LogP contribution in [0.5, 0.6) is 0 Å². The molecule has 1 aromatic carbocycles. The molecule has 0 saturated carbocycles. The Hall–Kier alpha value is -2.08. The molecule has 1 aliphatic heterocycles. The molecule has 0 aromatic heterocycles. The summed E-state index contributed by atoms with van der Waals surface area (Å²) in [4.78, 5) is 12.7. The Morgan fingerprint density at radius 1 is 1.39 bits per heavy atom. The first-order chi connectivity index (χ1) is 8.56. The largest absolute Gasteiger partial charge is 0.430 e. The summed E-state index contributed by atoms with van der Waals surface area (Å²) in [5.74, 6) is 0.0560. The average Bonchev–Trinajstić information content (AvgIpc) is 2.32. The van der Waals surface area contributed by atoms with Gasteiger partial charge in [0.25, 0.3) is 0 Å². The van der Waals surface area contributed by atoms with Crippen molar-refractivity contribution in [3.05, 3.63) is 35.4 Å². The Balaban J connectivity index is 1.93. The fourth-order valence-corrected chi connectivity index (χ4v) is 1.89. The molecule has 0 bridgehead atoms. The molecule has 6 heteroatoms. The van der Waals surface area contributed by atoms with Crippen molar-refractivity contribution in [1.29, 1.82) is 5.41 Å². The van der Waals surface area contributed by atoms with Crippen LogP contribution in [0.25, 0.3) is 0 Å². The Morgan fingerprint density at radius 3 is 2.50 bits per heavy atom. The van der Waals surface area contributed by atoms with E-state index in [4.69, 9.17) is 21.6 Å². The van der Waals surface area contributed by atoms with Gasteiger partial charge in [0.1, 0.15) is 5.84 Å². The van der Waals surface area contributed by atoms with E-state index in [1.54, 1.807) is 12.1 Å². The summed E-state index contributed by atoms with van der Waals surface area (Å²) in [6.07, 6.45) is -0.138. The van der Waals surface area contributed by atoms with E-state index in [1.165, 1.54) is 0 Å². The zero-order valence-electron chi connectivity index (χ0n) is 9.93. The second kappa shape index (κ2) is 5.05. The maximum Gasteiger partial charge on any atom is 0.406 e. The number of carbonyl (C=O) groups is 1. The molecular formula is C12H16N4O2. The van der Waals surface area contributed by atoms with Gasteiger partial charge in [-0.25, -0.2) is 4.79 Å². The first kappa shape index (κ1) is 12.4. The van der Waals surface area contributed by atoms with Crippen LogP contribution in [-0.4, -0.2) is 29.6 Å². The van der Waals surface area contributed by atoms with Gasteiger partial charge in [0, 0.05) is 25.1 Å². The van der Waals surface area contributed by atoms with Crippen molar-refractivity contribution in [2.24, 2.45) is 11.5 Å². The van der Waals surface area contributed by atoms with Crippen LogP contribution in [0.1, 0.15) is 17.5 Å². The molecule has 5 N–H and O–H groups in total. The zero-order chi connectivity index (χ0) is 13.1. The number of benzene rings is 1. The maximum atomic E-state index is 10.7. The molecular weight excluding hydrogens is 232 g/mol. The van der Waals surface area contributed by atoms with Crippen molar-refractivity contribution >= 4 is 11.9 Å². The van der Waals surface area contributed by atoms with Crippen LogP contribution in [0.4, 0.5) is 4.79 Å². The molecule has 1 atom stereocenters. The minimum atomic E-state index is -0.739. The van der Waals surface area contributed by atoms with E-state index in [1.807, 2.05) is 17.0 Å². The number of nitrogens with one attached hydrogen (secondary N) is 1. The van der Waals surface area contributed by atoms with Gasteiger partial charge in [-0.15, -0.1) is 0 Å². The number of rotatable bonds is 4. The van der Waals surface area contributed by atoms with Crippen LogP contribution >= 0.6 is 0 Å². The summed E-state index contributed by atoms with van der Waals surface area (Å²) in [7, 11) is 0. The highest BCUT2D eigenvalue weighted by Gasteiger charge is 2.30. The highest BCUT2D eigenvalue weighted by molar-refractivity contribution is 5.94. The van der Waals surface area contributed by atoms with Crippen molar-refractivity contribution in [3.8, 4) is 0 Å². The van der Waals surface area contributed by atoms with E-state index in [0.29, 0.717) is 12.1 Å². The van der Waals surface area contributed by atoms with Gasteiger partial charge in [-0.1, -0.05) is 24.3 Å². The molecule has 96 valence electrons. The molecule has 1 amide bonds. The van der Waals surface area contributed by atoms with Crippen molar-refractivity contribution < 1.29 is 9.53 Å². The summed E-state index contributed by atoms with van der Waals surface area (Å²) in [6, 6.07) is 7.44. The second-order valence-electron chi connectivity index (χ2n) is 4.26. The minimum absolute atomic E-state index is 0.0560. The molecule has 1 fully saturated rings. The monoisotopic (exact) mass is 248 g/mol. The first-order valence-corrected chi connectivity index (χ1v) is 5.70. The van der Waals surface area contributed by atoms with Gasteiger partial charge < -0.3 is 16.2 Å². The fourth-order valence-electron chi connectivity index (χ4n) is 1.89. The molecule has 2 rings (SSSR count). The van der Waals surface area contributed by atoms with Crippen LogP contribution in [0.3, 0.4) is 0 Å². The average molecular weight is 248 g/mol. The number of nitrogens with zero attached hydrogens (tertiary/aromatic N) is 1. The van der Waals surface area contributed by atoms with Crippen molar-refractivity contribution in [2.45, 2.75) is 19.2 Å². The number of amidine groups is 1. The number of nitrogen functional groups attached to an aromatic ring is 1. The topological polar surface area (TPSA) is 105 Å². The number of hydrogen-bond acceptors (Lipinski definition) is 4. The number of carbonyl (C=O) groups excluding carboxylic acids is 1. The number of amides is 1. The third kappa shape index (κ3) is 2.78. The van der Waals surface area contributed by atoms with Crippen LogP contribution < -0.4 is 11.5 Å². The Kier molecular flexibility index (Phi) is 3.47. The molecule has 1 aliphatic rings. The number of hydrogen-bond donors (Lipinski definition) is 3. The molecule has 18 heavy (non-hydrogen) atoms. The molecule has 1 saturated heterocycles. The lowest BCUT2D eigenvalue weighted by Gasteiger charge is -2.39. The Bertz CT molecular complexity index is 458. The summed E-state index contributed by atoms with van der Waals surface area (Å²) in [5, 5.41) is 7.30. The number of primary amides is 1. The predicted molar refractivity (Wildman–Crippen MR) is 66.9 cm³/mol. The second-order valence-corrected chi connectivity index (χ2v) is 4.26. The third-order valence-corrected chi connectivity index (χ3v) is 2.97. The minimum Gasteiger partial charge on any atom is -0.430 e. The standard InChI is InChI=1S/C12H16N4O2/c13-11(14)9-3-1-8(2-4-9)7-16-6-5-10(16)18-12(15)17/h1-4,10H,5-7H2,(H3,13,14)(H2,15,17).